The van der Waals surface area contributed by atoms with Gasteiger partial charge in [0.05, 0.1) is 0 Å². The number of unbranched alkanes of at least 4 members (excludes halogenated alkanes) is 1. The Bertz CT molecular complexity index is 119. The van der Waals surface area contributed by atoms with E-state index in [4.69, 9.17) is 5.73 Å². The zero-order valence-electron chi connectivity index (χ0n) is 9.69. The van der Waals surface area contributed by atoms with Gasteiger partial charge in [-0.3, -0.25) is 0 Å². The van der Waals surface area contributed by atoms with Gasteiger partial charge < -0.3 is 11.1 Å². The standard InChI is InChI=1S/C11H26N2/c1-10(2)11(3,4)9-13-8-6-5-7-12/h10,13H,5-9,12H2,1-4H3. The summed E-state index contributed by atoms with van der Waals surface area (Å²) in [7, 11) is 0. The Morgan fingerprint density at radius 2 is 1.85 bits per heavy atom. The van der Waals surface area contributed by atoms with Crippen molar-refractivity contribution in [3.63, 3.8) is 0 Å². The third kappa shape index (κ3) is 6.05. The van der Waals surface area contributed by atoms with E-state index >= 15 is 0 Å². The van der Waals surface area contributed by atoms with Gasteiger partial charge in [0.2, 0.25) is 0 Å². The highest BCUT2D eigenvalue weighted by Gasteiger charge is 2.21. The van der Waals surface area contributed by atoms with Crippen LogP contribution in [0.1, 0.15) is 40.5 Å². The summed E-state index contributed by atoms with van der Waals surface area (Å²) in [6.45, 7) is 12.2. The van der Waals surface area contributed by atoms with Gasteiger partial charge >= 0.3 is 0 Å². The molecule has 0 heterocycles. The van der Waals surface area contributed by atoms with Crippen LogP contribution in [0.25, 0.3) is 0 Å². The summed E-state index contributed by atoms with van der Waals surface area (Å²) in [5.41, 5.74) is 5.82. The topological polar surface area (TPSA) is 38.0 Å². The molecule has 0 saturated carbocycles. The minimum atomic E-state index is 0.405. The van der Waals surface area contributed by atoms with Gasteiger partial charge in [-0.15, -0.1) is 0 Å². The van der Waals surface area contributed by atoms with Gasteiger partial charge in [0.1, 0.15) is 0 Å². The van der Waals surface area contributed by atoms with Crippen LogP contribution in [0.4, 0.5) is 0 Å². The molecule has 3 N–H and O–H groups in total. The molecule has 0 saturated heterocycles. The van der Waals surface area contributed by atoms with Crippen LogP contribution in [0.15, 0.2) is 0 Å². The van der Waals surface area contributed by atoms with E-state index in [1.54, 1.807) is 0 Å². The molecule has 2 heteroatoms. The SMILES string of the molecule is CC(C)C(C)(C)CNCCCCN. The fourth-order valence-corrected chi connectivity index (χ4v) is 1.01. The Labute approximate surface area is 83.3 Å². The van der Waals surface area contributed by atoms with Gasteiger partial charge in [0.25, 0.3) is 0 Å². The smallest absolute Gasteiger partial charge is 0.000496 e. The van der Waals surface area contributed by atoms with Crippen molar-refractivity contribution in [2.24, 2.45) is 17.1 Å². The predicted octanol–water partition coefficient (Wildman–Crippen LogP) is 2.00. The Morgan fingerprint density at radius 1 is 1.23 bits per heavy atom. The molecule has 0 radical (unpaired) electrons. The van der Waals surface area contributed by atoms with E-state index < -0.39 is 0 Å². The minimum absolute atomic E-state index is 0.405. The summed E-state index contributed by atoms with van der Waals surface area (Å²) < 4.78 is 0. The van der Waals surface area contributed by atoms with Gasteiger partial charge in [-0.2, -0.15) is 0 Å². The summed E-state index contributed by atoms with van der Waals surface area (Å²) in [5.74, 6) is 0.731. The number of hydrogen-bond acceptors (Lipinski definition) is 2. The van der Waals surface area contributed by atoms with Crippen molar-refractivity contribution in [1.82, 2.24) is 5.32 Å². The molecule has 13 heavy (non-hydrogen) atoms. The lowest BCUT2D eigenvalue weighted by Gasteiger charge is -2.29. The van der Waals surface area contributed by atoms with Crippen LogP contribution in [0.3, 0.4) is 0 Å². The highest BCUT2D eigenvalue weighted by molar-refractivity contribution is 4.74. The number of hydrogen-bond donors (Lipinski definition) is 2. The summed E-state index contributed by atoms with van der Waals surface area (Å²) in [5, 5.41) is 3.49. The fraction of sp³-hybridized carbons (Fsp3) is 1.00. The van der Waals surface area contributed by atoms with Crippen LogP contribution in [-0.2, 0) is 0 Å². The monoisotopic (exact) mass is 186 g/mol. The van der Waals surface area contributed by atoms with Crippen molar-refractivity contribution in [2.45, 2.75) is 40.5 Å². The van der Waals surface area contributed by atoms with Crippen LogP contribution in [0, 0.1) is 11.3 Å². The summed E-state index contributed by atoms with van der Waals surface area (Å²) in [6.07, 6.45) is 2.33. The van der Waals surface area contributed by atoms with Crippen molar-refractivity contribution in [3.05, 3.63) is 0 Å². The number of nitrogens with one attached hydrogen (secondary N) is 1. The summed E-state index contributed by atoms with van der Waals surface area (Å²) in [4.78, 5) is 0. The van der Waals surface area contributed by atoms with E-state index in [2.05, 4.69) is 33.0 Å². The number of nitrogens with two attached hydrogens (primary N) is 1. The fourth-order valence-electron chi connectivity index (χ4n) is 1.01. The van der Waals surface area contributed by atoms with E-state index in [0.717, 1.165) is 32.0 Å². The molecule has 0 rings (SSSR count). The van der Waals surface area contributed by atoms with Crippen molar-refractivity contribution in [1.29, 1.82) is 0 Å². The van der Waals surface area contributed by atoms with Gasteiger partial charge in [0.15, 0.2) is 0 Å². The molecule has 2 nitrogen and oxygen atoms in total. The Balaban J connectivity index is 3.41. The summed E-state index contributed by atoms with van der Waals surface area (Å²) in [6, 6.07) is 0. The first kappa shape index (κ1) is 12.9. The predicted molar refractivity (Wildman–Crippen MR) is 59.8 cm³/mol. The van der Waals surface area contributed by atoms with E-state index in [-0.39, 0.29) is 0 Å². The van der Waals surface area contributed by atoms with Crippen LogP contribution >= 0.6 is 0 Å². The van der Waals surface area contributed by atoms with Crippen molar-refractivity contribution >= 4 is 0 Å². The maximum absolute atomic E-state index is 5.42. The Kier molecular flexibility index (Phi) is 6.35. The second-order valence-electron chi connectivity index (χ2n) is 4.82. The van der Waals surface area contributed by atoms with Gasteiger partial charge in [0, 0.05) is 6.54 Å². The molecule has 0 fully saturated rings. The lowest BCUT2D eigenvalue weighted by molar-refractivity contribution is 0.238. The molecule has 0 atom stereocenters. The molecule has 0 spiro atoms. The zero-order chi connectivity index (χ0) is 10.3. The highest BCUT2D eigenvalue weighted by atomic mass is 14.9. The van der Waals surface area contributed by atoms with Crippen LogP contribution in [0.2, 0.25) is 0 Å². The second-order valence-corrected chi connectivity index (χ2v) is 4.82. The summed E-state index contributed by atoms with van der Waals surface area (Å²) >= 11 is 0. The molecule has 0 unspecified atom stereocenters. The first-order valence-electron chi connectivity index (χ1n) is 5.41. The van der Waals surface area contributed by atoms with Gasteiger partial charge in [-0.05, 0) is 37.3 Å². The average molecular weight is 186 g/mol. The molecule has 0 bridgehead atoms. The lowest BCUT2D eigenvalue weighted by Crippen LogP contribution is -2.34. The molecule has 0 aromatic carbocycles. The van der Waals surface area contributed by atoms with Crippen LogP contribution in [0.5, 0.6) is 0 Å². The Morgan fingerprint density at radius 3 is 2.31 bits per heavy atom. The Hall–Kier alpha value is -0.0800. The minimum Gasteiger partial charge on any atom is -0.330 e. The quantitative estimate of drug-likeness (QED) is 0.597. The van der Waals surface area contributed by atoms with Crippen molar-refractivity contribution in [2.75, 3.05) is 19.6 Å². The largest absolute Gasteiger partial charge is 0.330 e. The maximum atomic E-state index is 5.42. The van der Waals surface area contributed by atoms with Crippen molar-refractivity contribution < 1.29 is 0 Å². The van der Waals surface area contributed by atoms with Gasteiger partial charge in [-0.25, -0.2) is 0 Å². The van der Waals surface area contributed by atoms with E-state index in [1.807, 2.05) is 0 Å². The molecule has 80 valence electrons. The van der Waals surface area contributed by atoms with Crippen LogP contribution in [-0.4, -0.2) is 19.6 Å². The third-order valence-corrected chi connectivity index (χ3v) is 2.95. The van der Waals surface area contributed by atoms with Crippen LogP contribution < -0.4 is 11.1 Å². The van der Waals surface area contributed by atoms with E-state index in [9.17, 15) is 0 Å². The molecule has 0 aliphatic rings. The first-order valence-corrected chi connectivity index (χ1v) is 5.41. The van der Waals surface area contributed by atoms with Gasteiger partial charge in [-0.1, -0.05) is 27.7 Å². The molecule has 0 aromatic rings. The molecule has 0 aliphatic heterocycles. The normalized spacial score (nSPS) is 12.5. The molecule has 0 aromatic heterocycles. The molecule has 0 amide bonds. The van der Waals surface area contributed by atoms with Crippen molar-refractivity contribution in [3.8, 4) is 0 Å². The maximum Gasteiger partial charge on any atom is 0.000496 e. The zero-order valence-corrected chi connectivity index (χ0v) is 9.69. The average Bonchev–Trinajstić information content (AvgIpc) is 2.03. The second kappa shape index (κ2) is 6.39. The lowest BCUT2D eigenvalue weighted by atomic mass is 9.81. The third-order valence-electron chi connectivity index (χ3n) is 2.95. The number of rotatable bonds is 7. The van der Waals surface area contributed by atoms with E-state index in [1.165, 1.54) is 6.42 Å². The highest BCUT2D eigenvalue weighted by Crippen LogP contribution is 2.24. The van der Waals surface area contributed by atoms with E-state index in [0.29, 0.717) is 5.41 Å². The molecular formula is C11H26N2. The first-order chi connectivity index (χ1) is 6.00. The molecule has 0 aliphatic carbocycles. The molecular weight excluding hydrogens is 160 g/mol.